The van der Waals surface area contributed by atoms with Crippen LogP contribution in [0.1, 0.15) is 10.4 Å². The summed E-state index contributed by atoms with van der Waals surface area (Å²) in [6.45, 7) is -0.138. The van der Waals surface area contributed by atoms with Crippen LogP contribution in [-0.2, 0) is 0 Å². The van der Waals surface area contributed by atoms with Crippen molar-refractivity contribution in [3.05, 3.63) is 65.5 Å². The number of ether oxygens (including phenoxy) is 1. The van der Waals surface area contributed by atoms with Crippen LogP contribution in [-0.4, -0.2) is 19.1 Å². The van der Waals surface area contributed by atoms with Gasteiger partial charge in [-0.1, -0.05) is 24.0 Å². The molecule has 0 aliphatic rings. The lowest BCUT2D eigenvalue weighted by Crippen LogP contribution is -2.24. The number of carbonyl (C=O) groups is 1. The van der Waals surface area contributed by atoms with Crippen LogP contribution in [0.15, 0.2) is 42.5 Å². The van der Waals surface area contributed by atoms with Crippen molar-refractivity contribution in [1.29, 1.82) is 0 Å². The molecular formula is C17H12F3NO2. The summed E-state index contributed by atoms with van der Waals surface area (Å²) in [6.07, 6.45) is 0. The van der Waals surface area contributed by atoms with Gasteiger partial charge in [0.1, 0.15) is 18.2 Å². The summed E-state index contributed by atoms with van der Waals surface area (Å²) < 4.78 is 44.3. The quantitative estimate of drug-likeness (QED) is 0.880. The molecule has 1 amide bonds. The number of hydrogen-bond acceptors (Lipinski definition) is 2. The minimum atomic E-state index is -0.820. The summed E-state index contributed by atoms with van der Waals surface area (Å²) in [6, 6.07) is 8.51. The van der Waals surface area contributed by atoms with Crippen LogP contribution in [0, 0.1) is 29.3 Å². The normalized spacial score (nSPS) is 9.70. The minimum Gasteiger partial charge on any atom is -0.478 e. The summed E-state index contributed by atoms with van der Waals surface area (Å²) in [4.78, 5) is 11.7. The van der Waals surface area contributed by atoms with Gasteiger partial charge in [0.25, 0.3) is 5.91 Å². The van der Waals surface area contributed by atoms with E-state index in [0.717, 1.165) is 12.1 Å². The van der Waals surface area contributed by atoms with Crippen LogP contribution in [0.5, 0.6) is 5.75 Å². The lowest BCUT2D eigenvalue weighted by Gasteiger charge is -2.03. The fourth-order valence-corrected chi connectivity index (χ4v) is 1.68. The molecule has 0 saturated heterocycles. The van der Waals surface area contributed by atoms with E-state index in [1.807, 2.05) is 0 Å². The molecule has 2 aromatic carbocycles. The van der Waals surface area contributed by atoms with E-state index < -0.39 is 23.4 Å². The molecule has 0 fully saturated rings. The van der Waals surface area contributed by atoms with Gasteiger partial charge in [-0.2, -0.15) is 0 Å². The molecule has 0 unspecified atom stereocenters. The van der Waals surface area contributed by atoms with Gasteiger partial charge >= 0.3 is 0 Å². The number of hydrogen-bond donors (Lipinski definition) is 1. The fourth-order valence-electron chi connectivity index (χ4n) is 1.68. The number of amides is 1. The number of nitrogens with one attached hydrogen (secondary N) is 1. The average molecular weight is 319 g/mol. The van der Waals surface area contributed by atoms with E-state index in [9.17, 15) is 18.0 Å². The van der Waals surface area contributed by atoms with Crippen LogP contribution in [0.2, 0.25) is 0 Å². The highest BCUT2D eigenvalue weighted by atomic mass is 19.1. The third kappa shape index (κ3) is 4.78. The van der Waals surface area contributed by atoms with E-state index in [2.05, 4.69) is 17.2 Å². The van der Waals surface area contributed by atoms with E-state index in [-0.39, 0.29) is 24.5 Å². The molecule has 3 nitrogen and oxygen atoms in total. The van der Waals surface area contributed by atoms with Gasteiger partial charge in [0.15, 0.2) is 11.6 Å². The SMILES string of the molecule is O=C(NCC#CCOc1ccc(F)cc1F)c1ccccc1F. The van der Waals surface area contributed by atoms with Crippen LogP contribution in [0.4, 0.5) is 13.2 Å². The summed E-state index contributed by atoms with van der Waals surface area (Å²) in [7, 11) is 0. The zero-order valence-electron chi connectivity index (χ0n) is 11.9. The maximum atomic E-state index is 13.3. The topological polar surface area (TPSA) is 38.3 Å². The van der Waals surface area contributed by atoms with Gasteiger partial charge in [-0.15, -0.1) is 0 Å². The highest BCUT2D eigenvalue weighted by Gasteiger charge is 2.08. The van der Waals surface area contributed by atoms with Crippen molar-refractivity contribution < 1.29 is 22.7 Å². The van der Waals surface area contributed by atoms with Crippen molar-refractivity contribution in [3.8, 4) is 17.6 Å². The smallest absolute Gasteiger partial charge is 0.255 e. The molecule has 23 heavy (non-hydrogen) atoms. The monoisotopic (exact) mass is 319 g/mol. The van der Waals surface area contributed by atoms with Crippen molar-refractivity contribution in [2.24, 2.45) is 0 Å². The molecule has 2 rings (SSSR count). The van der Waals surface area contributed by atoms with Crippen molar-refractivity contribution in [2.75, 3.05) is 13.2 Å². The van der Waals surface area contributed by atoms with Gasteiger partial charge in [-0.25, -0.2) is 13.2 Å². The molecule has 0 radical (unpaired) electrons. The average Bonchev–Trinajstić information content (AvgIpc) is 2.52. The number of benzene rings is 2. The predicted octanol–water partition coefficient (Wildman–Crippen LogP) is 2.92. The molecule has 0 bridgehead atoms. The Bertz CT molecular complexity index is 766. The van der Waals surface area contributed by atoms with Crippen molar-refractivity contribution >= 4 is 5.91 Å². The predicted molar refractivity (Wildman–Crippen MR) is 78.4 cm³/mol. The standard InChI is InChI=1S/C17H12F3NO2/c18-12-7-8-16(15(20)11-12)23-10-4-3-9-21-17(22)13-5-1-2-6-14(13)19/h1-2,5-8,11H,9-10H2,(H,21,22). The largest absolute Gasteiger partial charge is 0.478 e. The molecule has 0 heterocycles. The summed E-state index contributed by atoms with van der Waals surface area (Å²) in [5.74, 6) is 2.31. The molecule has 2 aromatic rings. The number of carbonyl (C=O) groups excluding carboxylic acids is 1. The van der Waals surface area contributed by atoms with Crippen LogP contribution >= 0.6 is 0 Å². The molecule has 6 heteroatoms. The van der Waals surface area contributed by atoms with Crippen LogP contribution < -0.4 is 10.1 Å². The summed E-state index contributed by atoms with van der Waals surface area (Å²) in [5, 5.41) is 2.43. The first-order valence-corrected chi connectivity index (χ1v) is 6.64. The second-order valence-electron chi connectivity index (χ2n) is 4.38. The second kappa shape index (κ2) is 7.90. The van der Waals surface area contributed by atoms with Gasteiger partial charge in [-0.05, 0) is 24.3 Å². The zero-order chi connectivity index (χ0) is 16.7. The van der Waals surface area contributed by atoms with Gasteiger partial charge in [0.05, 0.1) is 12.1 Å². The molecule has 0 aliphatic heterocycles. The Hall–Kier alpha value is -2.94. The van der Waals surface area contributed by atoms with Crippen molar-refractivity contribution in [3.63, 3.8) is 0 Å². The zero-order valence-corrected chi connectivity index (χ0v) is 11.9. The lowest BCUT2D eigenvalue weighted by molar-refractivity contribution is 0.0954. The molecule has 118 valence electrons. The van der Waals surface area contributed by atoms with Gasteiger partial charge in [-0.3, -0.25) is 4.79 Å². The Balaban J connectivity index is 1.78. The molecule has 0 spiro atoms. The molecule has 0 aliphatic carbocycles. The molecule has 0 atom stereocenters. The number of halogens is 3. The first-order chi connectivity index (χ1) is 11.1. The van der Waals surface area contributed by atoms with Crippen molar-refractivity contribution in [2.45, 2.75) is 0 Å². The van der Waals surface area contributed by atoms with Crippen molar-refractivity contribution in [1.82, 2.24) is 5.32 Å². The van der Waals surface area contributed by atoms with Gasteiger partial charge in [0, 0.05) is 6.07 Å². The first kappa shape index (κ1) is 16.4. The third-order valence-corrected chi connectivity index (χ3v) is 2.77. The van der Waals surface area contributed by atoms with E-state index >= 15 is 0 Å². The van der Waals surface area contributed by atoms with E-state index in [1.54, 1.807) is 6.07 Å². The Kier molecular flexibility index (Phi) is 5.64. The maximum absolute atomic E-state index is 13.3. The third-order valence-electron chi connectivity index (χ3n) is 2.77. The van der Waals surface area contributed by atoms with E-state index in [1.165, 1.54) is 18.2 Å². The molecule has 1 N–H and O–H groups in total. The van der Waals surface area contributed by atoms with Gasteiger partial charge < -0.3 is 10.1 Å². The summed E-state index contributed by atoms with van der Waals surface area (Å²) in [5.41, 5.74) is -0.0704. The second-order valence-corrected chi connectivity index (χ2v) is 4.38. The minimum absolute atomic E-state index is 0.0115. The molecular weight excluding hydrogens is 307 g/mol. The van der Waals surface area contributed by atoms with E-state index in [0.29, 0.717) is 6.07 Å². The maximum Gasteiger partial charge on any atom is 0.255 e. The van der Waals surface area contributed by atoms with Crippen LogP contribution in [0.25, 0.3) is 0 Å². The molecule has 0 aromatic heterocycles. The summed E-state index contributed by atoms with van der Waals surface area (Å²) >= 11 is 0. The van der Waals surface area contributed by atoms with Gasteiger partial charge in [0.2, 0.25) is 0 Å². The lowest BCUT2D eigenvalue weighted by atomic mass is 10.2. The van der Waals surface area contributed by atoms with E-state index in [4.69, 9.17) is 4.74 Å². The number of rotatable bonds is 4. The molecule has 0 saturated carbocycles. The Morgan fingerprint density at radius 3 is 2.57 bits per heavy atom. The highest BCUT2D eigenvalue weighted by Crippen LogP contribution is 2.17. The highest BCUT2D eigenvalue weighted by molar-refractivity contribution is 5.94. The fraction of sp³-hybridized carbons (Fsp3) is 0.118. The Labute approximate surface area is 131 Å². The Morgan fingerprint density at radius 1 is 1.04 bits per heavy atom. The van der Waals surface area contributed by atoms with Crippen LogP contribution in [0.3, 0.4) is 0 Å². The first-order valence-electron chi connectivity index (χ1n) is 6.64. The Morgan fingerprint density at radius 2 is 1.83 bits per heavy atom.